The molecule has 1 fully saturated rings. The van der Waals surface area contributed by atoms with Crippen molar-refractivity contribution >= 4 is 39.1 Å². The zero-order valence-corrected chi connectivity index (χ0v) is 11.7. The molecule has 1 amide bonds. The number of rotatable bonds is 2. The third-order valence-corrected chi connectivity index (χ3v) is 4.00. The first-order valence-electron chi connectivity index (χ1n) is 5.35. The van der Waals surface area contributed by atoms with Crippen LogP contribution in [0.5, 0.6) is 0 Å². The number of benzene rings is 1. The van der Waals surface area contributed by atoms with Crippen LogP contribution in [-0.2, 0) is 4.79 Å². The molecule has 0 bridgehead atoms. The first-order chi connectivity index (χ1) is 8.02. The van der Waals surface area contributed by atoms with E-state index in [0.717, 1.165) is 11.3 Å². The van der Waals surface area contributed by atoms with E-state index >= 15 is 0 Å². The second-order valence-corrected chi connectivity index (χ2v) is 5.44. The molecule has 92 valence electrons. The summed E-state index contributed by atoms with van der Waals surface area (Å²) < 4.78 is 13.7. The standard InChI is InChI=1S/C12H12BrClFNO/c1-7-2-10(15)9(13)4-11(7)16-6-8(5-14)3-12(16)17/h2,4,8H,3,5-6H2,1H3. The average Bonchev–Trinajstić information content (AvgIpc) is 2.65. The normalized spacial score (nSPS) is 20.1. The van der Waals surface area contributed by atoms with Crippen molar-refractivity contribution in [3.8, 4) is 0 Å². The van der Waals surface area contributed by atoms with Gasteiger partial charge in [0.15, 0.2) is 0 Å². The van der Waals surface area contributed by atoms with Gasteiger partial charge >= 0.3 is 0 Å². The number of aryl methyl sites for hydroxylation is 1. The predicted octanol–water partition coefficient (Wildman–Crippen LogP) is 3.49. The highest BCUT2D eigenvalue weighted by Crippen LogP contribution is 2.32. The predicted molar refractivity (Wildman–Crippen MR) is 70.0 cm³/mol. The van der Waals surface area contributed by atoms with Crippen LogP contribution in [0, 0.1) is 18.7 Å². The highest BCUT2D eigenvalue weighted by Gasteiger charge is 2.31. The van der Waals surface area contributed by atoms with E-state index in [4.69, 9.17) is 11.6 Å². The number of alkyl halides is 1. The Labute approximate surface area is 113 Å². The van der Waals surface area contributed by atoms with E-state index in [1.165, 1.54) is 6.07 Å². The molecule has 0 spiro atoms. The summed E-state index contributed by atoms with van der Waals surface area (Å²) in [4.78, 5) is 13.5. The summed E-state index contributed by atoms with van der Waals surface area (Å²) in [7, 11) is 0. The Bertz CT molecular complexity index is 466. The minimum Gasteiger partial charge on any atom is -0.312 e. The van der Waals surface area contributed by atoms with Crippen molar-refractivity contribution in [3.63, 3.8) is 0 Å². The maximum atomic E-state index is 13.3. The molecular weight excluding hydrogens is 308 g/mol. The van der Waals surface area contributed by atoms with Crippen LogP contribution in [0.3, 0.4) is 0 Å². The highest BCUT2D eigenvalue weighted by molar-refractivity contribution is 9.10. The van der Waals surface area contributed by atoms with E-state index < -0.39 is 0 Å². The van der Waals surface area contributed by atoms with Crippen LogP contribution in [-0.4, -0.2) is 18.3 Å². The van der Waals surface area contributed by atoms with Crippen molar-refractivity contribution in [3.05, 3.63) is 28.0 Å². The summed E-state index contributed by atoms with van der Waals surface area (Å²) >= 11 is 8.91. The van der Waals surface area contributed by atoms with Gasteiger partial charge < -0.3 is 4.90 Å². The summed E-state index contributed by atoms with van der Waals surface area (Å²) in [5, 5.41) is 0. The molecule has 1 saturated heterocycles. The van der Waals surface area contributed by atoms with Crippen molar-refractivity contribution in [2.24, 2.45) is 5.92 Å². The molecule has 0 aliphatic carbocycles. The molecule has 1 aliphatic rings. The lowest BCUT2D eigenvalue weighted by Gasteiger charge is -2.19. The van der Waals surface area contributed by atoms with E-state index in [2.05, 4.69) is 15.9 Å². The van der Waals surface area contributed by atoms with Gasteiger partial charge in [-0.05, 0) is 46.5 Å². The lowest BCUT2D eigenvalue weighted by Crippen LogP contribution is -2.25. The Hall–Kier alpha value is -0.610. The average molecular weight is 321 g/mol. The fourth-order valence-electron chi connectivity index (χ4n) is 2.04. The van der Waals surface area contributed by atoms with Gasteiger partial charge in [-0.3, -0.25) is 4.79 Å². The molecule has 1 unspecified atom stereocenters. The van der Waals surface area contributed by atoms with Crippen molar-refractivity contribution in [1.82, 2.24) is 0 Å². The lowest BCUT2D eigenvalue weighted by atomic mass is 10.1. The molecule has 5 heteroatoms. The third-order valence-electron chi connectivity index (χ3n) is 2.95. The largest absolute Gasteiger partial charge is 0.312 e. The molecule has 0 N–H and O–H groups in total. The van der Waals surface area contributed by atoms with Gasteiger partial charge in [0.05, 0.1) is 4.47 Å². The molecule has 1 aliphatic heterocycles. The van der Waals surface area contributed by atoms with E-state index in [0.29, 0.717) is 23.3 Å². The molecule has 1 atom stereocenters. The van der Waals surface area contributed by atoms with Crippen LogP contribution in [0.25, 0.3) is 0 Å². The zero-order valence-electron chi connectivity index (χ0n) is 9.34. The lowest BCUT2D eigenvalue weighted by molar-refractivity contribution is -0.117. The van der Waals surface area contributed by atoms with Gasteiger partial charge in [-0.2, -0.15) is 0 Å². The van der Waals surface area contributed by atoms with Crippen LogP contribution in [0.1, 0.15) is 12.0 Å². The van der Waals surface area contributed by atoms with E-state index in [1.54, 1.807) is 17.9 Å². The number of hydrogen-bond acceptors (Lipinski definition) is 1. The molecule has 0 radical (unpaired) electrons. The summed E-state index contributed by atoms with van der Waals surface area (Å²) in [6.45, 7) is 2.41. The monoisotopic (exact) mass is 319 g/mol. The minimum atomic E-state index is -0.313. The Kier molecular flexibility index (Phi) is 3.73. The Balaban J connectivity index is 2.35. The SMILES string of the molecule is Cc1cc(F)c(Br)cc1N1CC(CCl)CC1=O. The highest BCUT2D eigenvalue weighted by atomic mass is 79.9. The zero-order chi connectivity index (χ0) is 12.6. The quantitative estimate of drug-likeness (QED) is 0.764. The number of carbonyl (C=O) groups excluding carboxylic acids is 1. The molecule has 1 aromatic rings. The van der Waals surface area contributed by atoms with Gasteiger partial charge in [0.25, 0.3) is 0 Å². The molecule has 1 aromatic carbocycles. The van der Waals surface area contributed by atoms with Gasteiger partial charge in [-0.1, -0.05) is 0 Å². The molecule has 1 heterocycles. The van der Waals surface area contributed by atoms with Crippen LogP contribution in [0.4, 0.5) is 10.1 Å². The van der Waals surface area contributed by atoms with E-state index in [-0.39, 0.29) is 17.6 Å². The summed E-state index contributed by atoms with van der Waals surface area (Å²) in [6, 6.07) is 3.08. The van der Waals surface area contributed by atoms with Crippen molar-refractivity contribution in [2.45, 2.75) is 13.3 Å². The second kappa shape index (κ2) is 4.94. The second-order valence-electron chi connectivity index (χ2n) is 4.28. The minimum absolute atomic E-state index is 0.0530. The van der Waals surface area contributed by atoms with Crippen molar-refractivity contribution in [1.29, 1.82) is 0 Å². The molecular formula is C12H12BrClFNO. The maximum absolute atomic E-state index is 13.3. The van der Waals surface area contributed by atoms with E-state index in [1.807, 2.05) is 0 Å². The number of carbonyl (C=O) groups is 1. The number of hydrogen-bond donors (Lipinski definition) is 0. The summed E-state index contributed by atoms with van der Waals surface area (Å²) in [5.74, 6) is 0.403. The van der Waals surface area contributed by atoms with Crippen molar-refractivity contribution < 1.29 is 9.18 Å². The molecule has 2 rings (SSSR count). The van der Waals surface area contributed by atoms with Crippen LogP contribution >= 0.6 is 27.5 Å². The molecule has 2 nitrogen and oxygen atoms in total. The number of halogens is 3. The van der Waals surface area contributed by atoms with Crippen molar-refractivity contribution in [2.75, 3.05) is 17.3 Å². The fraction of sp³-hybridized carbons (Fsp3) is 0.417. The Morgan fingerprint density at radius 1 is 1.59 bits per heavy atom. The topological polar surface area (TPSA) is 20.3 Å². The van der Waals surface area contributed by atoms with E-state index in [9.17, 15) is 9.18 Å². The first-order valence-corrected chi connectivity index (χ1v) is 6.67. The number of amides is 1. The maximum Gasteiger partial charge on any atom is 0.227 e. The van der Waals surface area contributed by atoms with Gasteiger partial charge in [-0.25, -0.2) is 4.39 Å². The fourth-order valence-corrected chi connectivity index (χ4v) is 2.58. The van der Waals surface area contributed by atoms with Crippen LogP contribution in [0.15, 0.2) is 16.6 Å². The third kappa shape index (κ3) is 2.47. The first kappa shape index (κ1) is 12.8. The Morgan fingerprint density at radius 3 is 2.88 bits per heavy atom. The Morgan fingerprint density at radius 2 is 2.29 bits per heavy atom. The summed E-state index contributed by atoms with van der Waals surface area (Å²) in [5.41, 5.74) is 1.52. The summed E-state index contributed by atoms with van der Waals surface area (Å²) in [6.07, 6.45) is 0.470. The molecule has 0 aromatic heterocycles. The smallest absolute Gasteiger partial charge is 0.227 e. The van der Waals surface area contributed by atoms with Gasteiger partial charge in [-0.15, -0.1) is 11.6 Å². The number of nitrogens with zero attached hydrogens (tertiary/aromatic N) is 1. The van der Waals surface area contributed by atoms with Gasteiger partial charge in [0, 0.05) is 24.5 Å². The molecule has 17 heavy (non-hydrogen) atoms. The van der Waals surface area contributed by atoms with Crippen LogP contribution < -0.4 is 4.90 Å². The van der Waals surface area contributed by atoms with Gasteiger partial charge in [0.1, 0.15) is 5.82 Å². The molecule has 0 saturated carbocycles. The van der Waals surface area contributed by atoms with Gasteiger partial charge in [0.2, 0.25) is 5.91 Å². The van der Waals surface area contributed by atoms with Crippen LogP contribution in [0.2, 0.25) is 0 Å². The number of anilines is 1.